The zero-order valence-corrected chi connectivity index (χ0v) is 15.2. The van der Waals surface area contributed by atoms with Gasteiger partial charge in [0, 0.05) is 0 Å². The van der Waals surface area contributed by atoms with E-state index in [1.165, 1.54) is 0 Å². The van der Waals surface area contributed by atoms with Gasteiger partial charge in [0.1, 0.15) is 5.60 Å². The summed E-state index contributed by atoms with van der Waals surface area (Å²) >= 11 is 0. The summed E-state index contributed by atoms with van der Waals surface area (Å²) in [4.78, 5) is 0. The SMILES string of the molecule is NCCC(O)(COCc1cc(C(F)(F)F)cc(C(F)(F)F)c1)c1ccc(F)c(F)c1. The van der Waals surface area contributed by atoms with E-state index in [-0.39, 0.29) is 24.6 Å². The van der Waals surface area contributed by atoms with Crippen LogP contribution in [0.1, 0.15) is 28.7 Å². The van der Waals surface area contributed by atoms with Crippen molar-refractivity contribution in [3.05, 3.63) is 70.3 Å². The highest BCUT2D eigenvalue weighted by Gasteiger charge is 2.37. The molecule has 1 atom stereocenters. The Morgan fingerprint density at radius 2 is 1.37 bits per heavy atom. The molecule has 2 aromatic carbocycles. The summed E-state index contributed by atoms with van der Waals surface area (Å²) < 4.78 is 109. The number of benzene rings is 2. The summed E-state index contributed by atoms with van der Waals surface area (Å²) in [5.74, 6) is -2.42. The quantitative estimate of drug-likeness (QED) is 0.607. The predicted octanol–water partition coefficient (Wildman–Crippen LogP) is 4.76. The van der Waals surface area contributed by atoms with Crippen molar-refractivity contribution in [2.75, 3.05) is 13.2 Å². The van der Waals surface area contributed by atoms with E-state index in [1.807, 2.05) is 0 Å². The zero-order valence-electron chi connectivity index (χ0n) is 15.2. The number of rotatable bonds is 7. The van der Waals surface area contributed by atoms with Crippen molar-refractivity contribution in [3.63, 3.8) is 0 Å². The highest BCUT2D eigenvalue weighted by Crippen LogP contribution is 2.36. The fraction of sp³-hybridized carbons (Fsp3) is 0.368. The molecule has 0 saturated carbocycles. The molecule has 0 amide bonds. The van der Waals surface area contributed by atoms with Gasteiger partial charge in [-0.15, -0.1) is 0 Å². The molecule has 0 fully saturated rings. The van der Waals surface area contributed by atoms with Crippen LogP contribution in [0, 0.1) is 11.6 Å². The van der Waals surface area contributed by atoms with E-state index in [2.05, 4.69) is 0 Å². The van der Waals surface area contributed by atoms with Gasteiger partial charge in [-0.1, -0.05) is 6.07 Å². The number of nitrogens with two attached hydrogens (primary N) is 1. The van der Waals surface area contributed by atoms with E-state index in [9.17, 15) is 40.2 Å². The maximum absolute atomic E-state index is 13.5. The summed E-state index contributed by atoms with van der Waals surface area (Å²) in [6, 6.07) is 3.51. The van der Waals surface area contributed by atoms with Crippen molar-refractivity contribution in [2.45, 2.75) is 31.0 Å². The van der Waals surface area contributed by atoms with Crippen molar-refractivity contribution in [2.24, 2.45) is 5.73 Å². The van der Waals surface area contributed by atoms with Gasteiger partial charge in [-0.3, -0.25) is 0 Å². The third kappa shape index (κ3) is 5.89. The molecule has 2 rings (SSSR count). The highest BCUT2D eigenvalue weighted by molar-refractivity contribution is 5.33. The Morgan fingerprint density at radius 3 is 1.83 bits per heavy atom. The lowest BCUT2D eigenvalue weighted by atomic mass is 9.91. The summed E-state index contributed by atoms with van der Waals surface area (Å²) in [6.07, 6.45) is -10.2. The molecule has 0 aliphatic carbocycles. The second-order valence-corrected chi connectivity index (χ2v) is 6.61. The van der Waals surface area contributed by atoms with Crippen LogP contribution in [0.2, 0.25) is 0 Å². The molecular weight excluding hydrogens is 426 g/mol. The lowest BCUT2D eigenvalue weighted by Crippen LogP contribution is -2.34. The van der Waals surface area contributed by atoms with Gasteiger partial charge in [0.2, 0.25) is 0 Å². The summed E-state index contributed by atoms with van der Waals surface area (Å²) in [5.41, 5.74) is -0.0771. The van der Waals surface area contributed by atoms with Gasteiger partial charge in [-0.2, -0.15) is 26.3 Å². The average molecular weight is 443 g/mol. The monoisotopic (exact) mass is 443 g/mol. The first-order valence-corrected chi connectivity index (χ1v) is 8.50. The molecule has 11 heteroatoms. The van der Waals surface area contributed by atoms with Crippen LogP contribution in [0.3, 0.4) is 0 Å². The van der Waals surface area contributed by atoms with E-state index in [4.69, 9.17) is 10.5 Å². The van der Waals surface area contributed by atoms with Gasteiger partial charge in [0.15, 0.2) is 11.6 Å². The van der Waals surface area contributed by atoms with Crippen LogP contribution < -0.4 is 5.73 Å². The molecule has 0 aliphatic heterocycles. The first-order chi connectivity index (χ1) is 13.8. The second-order valence-electron chi connectivity index (χ2n) is 6.61. The third-order valence-electron chi connectivity index (χ3n) is 4.27. The molecule has 1 unspecified atom stereocenters. The molecular formula is C19H17F8NO2. The number of alkyl halides is 6. The van der Waals surface area contributed by atoms with Crippen LogP contribution in [-0.2, 0) is 29.3 Å². The number of aliphatic hydroxyl groups is 1. The van der Waals surface area contributed by atoms with E-state index in [0.29, 0.717) is 18.2 Å². The number of ether oxygens (including phenoxy) is 1. The first-order valence-electron chi connectivity index (χ1n) is 8.50. The van der Waals surface area contributed by atoms with Crippen molar-refractivity contribution >= 4 is 0 Å². The number of hydrogen-bond acceptors (Lipinski definition) is 3. The van der Waals surface area contributed by atoms with E-state index >= 15 is 0 Å². The van der Waals surface area contributed by atoms with Gasteiger partial charge < -0.3 is 15.6 Å². The van der Waals surface area contributed by atoms with E-state index < -0.39 is 59.5 Å². The van der Waals surface area contributed by atoms with Gasteiger partial charge in [-0.25, -0.2) is 8.78 Å². The standard InChI is InChI=1S/C19H17F8NO2/c20-15-2-1-12(8-16(15)21)17(29,3-4-28)10-30-9-11-5-13(18(22,23)24)7-14(6-11)19(25,26)27/h1-2,5-8,29H,3-4,9-10,28H2. The minimum atomic E-state index is -5.01. The minimum absolute atomic E-state index is 0.0183. The summed E-state index contributed by atoms with van der Waals surface area (Å²) in [5, 5.41) is 10.7. The molecule has 0 bridgehead atoms. The molecule has 0 spiro atoms. The fourth-order valence-electron chi connectivity index (χ4n) is 2.76. The van der Waals surface area contributed by atoms with Crippen LogP contribution in [0.25, 0.3) is 0 Å². The average Bonchev–Trinajstić information content (AvgIpc) is 2.62. The Kier molecular flexibility index (Phi) is 7.10. The molecule has 0 aliphatic rings. The molecule has 0 heterocycles. The highest BCUT2D eigenvalue weighted by atomic mass is 19.4. The fourth-order valence-corrected chi connectivity index (χ4v) is 2.76. The minimum Gasteiger partial charge on any atom is -0.383 e. The molecule has 0 saturated heterocycles. The molecule has 0 radical (unpaired) electrons. The Hall–Kier alpha value is -2.24. The van der Waals surface area contributed by atoms with E-state index in [1.54, 1.807) is 0 Å². The largest absolute Gasteiger partial charge is 0.416 e. The summed E-state index contributed by atoms with van der Waals surface area (Å²) in [7, 11) is 0. The molecule has 166 valence electrons. The number of hydrogen-bond donors (Lipinski definition) is 2. The third-order valence-corrected chi connectivity index (χ3v) is 4.27. The Balaban J connectivity index is 2.25. The van der Waals surface area contributed by atoms with Gasteiger partial charge in [0.05, 0.1) is 24.3 Å². The van der Waals surface area contributed by atoms with Crippen LogP contribution in [0.4, 0.5) is 35.1 Å². The van der Waals surface area contributed by atoms with Gasteiger partial charge in [-0.05, 0) is 54.4 Å². The second kappa shape index (κ2) is 8.86. The topological polar surface area (TPSA) is 55.5 Å². The maximum atomic E-state index is 13.5. The van der Waals surface area contributed by atoms with Crippen molar-refractivity contribution < 1.29 is 45.0 Å². The Morgan fingerprint density at radius 1 is 0.800 bits per heavy atom. The summed E-state index contributed by atoms with van der Waals surface area (Å²) in [6.45, 7) is -1.45. The van der Waals surface area contributed by atoms with Crippen molar-refractivity contribution in [1.29, 1.82) is 0 Å². The lowest BCUT2D eigenvalue weighted by Gasteiger charge is -2.28. The smallest absolute Gasteiger partial charge is 0.383 e. The van der Waals surface area contributed by atoms with Crippen LogP contribution in [-0.4, -0.2) is 18.3 Å². The van der Waals surface area contributed by atoms with Crippen LogP contribution in [0.5, 0.6) is 0 Å². The molecule has 30 heavy (non-hydrogen) atoms. The first kappa shape index (κ1) is 24.0. The Labute approximate surface area is 166 Å². The van der Waals surface area contributed by atoms with E-state index in [0.717, 1.165) is 12.1 Å². The van der Waals surface area contributed by atoms with Crippen molar-refractivity contribution in [1.82, 2.24) is 0 Å². The van der Waals surface area contributed by atoms with Crippen molar-refractivity contribution in [3.8, 4) is 0 Å². The molecule has 0 aromatic heterocycles. The number of halogens is 8. The zero-order chi connectivity index (χ0) is 22.7. The lowest BCUT2D eigenvalue weighted by molar-refractivity contribution is -0.143. The normalized spacial score (nSPS) is 14.6. The Bertz CT molecular complexity index is 850. The molecule has 3 nitrogen and oxygen atoms in total. The van der Waals surface area contributed by atoms with Gasteiger partial charge in [0.25, 0.3) is 0 Å². The predicted molar refractivity (Wildman–Crippen MR) is 90.0 cm³/mol. The van der Waals surface area contributed by atoms with Crippen LogP contribution in [0.15, 0.2) is 36.4 Å². The van der Waals surface area contributed by atoms with Gasteiger partial charge >= 0.3 is 12.4 Å². The maximum Gasteiger partial charge on any atom is 0.416 e. The molecule has 2 aromatic rings. The molecule has 3 N–H and O–H groups in total. The van der Waals surface area contributed by atoms with Crippen LogP contribution >= 0.6 is 0 Å².